The van der Waals surface area contributed by atoms with Gasteiger partial charge in [-0.3, -0.25) is 9.59 Å². The van der Waals surface area contributed by atoms with Gasteiger partial charge in [-0.05, 0) is 71.4 Å². The highest BCUT2D eigenvalue weighted by Gasteiger charge is 2.46. The Labute approximate surface area is 198 Å². The van der Waals surface area contributed by atoms with Crippen LogP contribution in [0.1, 0.15) is 83.5 Å². The molecule has 0 spiro atoms. The molecule has 7 heteroatoms. The van der Waals surface area contributed by atoms with E-state index in [4.69, 9.17) is 4.74 Å². The number of hydrogen-bond donors (Lipinski definition) is 2. The summed E-state index contributed by atoms with van der Waals surface area (Å²) in [5.74, 6) is -0.185. The van der Waals surface area contributed by atoms with E-state index in [1.807, 2.05) is 39.0 Å². The minimum Gasteiger partial charge on any atom is -0.444 e. The van der Waals surface area contributed by atoms with E-state index in [9.17, 15) is 14.4 Å². The van der Waals surface area contributed by atoms with Crippen LogP contribution in [0.15, 0.2) is 18.2 Å². The maximum Gasteiger partial charge on any atom is 0.408 e. The molecule has 1 aromatic rings. The van der Waals surface area contributed by atoms with Crippen LogP contribution in [0, 0.1) is 19.8 Å². The first kappa shape index (κ1) is 26.7. The Morgan fingerprint density at radius 2 is 1.85 bits per heavy atom. The SMILES string of the molecule is CCCC(C)NC(=O)C(c1ccc(C)cc1C)N(C(=O)CNC(=O)OC(C)(C)C)C1CC1C. The standard InChI is InChI=1S/C26H41N3O4/c1-9-10-19(5)28-24(31)23(20-12-11-16(2)13-17(20)3)29(21-14-18(21)4)22(30)15-27-25(32)33-26(6,7)8/h11-13,18-19,21,23H,9-10,14-15H2,1-8H3,(H,27,32)(H,28,31). The minimum atomic E-state index is -0.757. The van der Waals surface area contributed by atoms with Gasteiger partial charge in [0.05, 0.1) is 0 Å². The molecule has 0 heterocycles. The van der Waals surface area contributed by atoms with Gasteiger partial charge in [-0.1, -0.05) is 44.0 Å². The summed E-state index contributed by atoms with van der Waals surface area (Å²) in [6.45, 7) is 15.2. The Hall–Kier alpha value is -2.57. The van der Waals surface area contributed by atoms with Gasteiger partial charge in [0.15, 0.2) is 0 Å². The average Bonchev–Trinajstić information content (AvgIpc) is 3.39. The second-order valence-electron chi connectivity index (χ2n) is 10.4. The molecule has 184 valence electrons. The van der Waals surface area contributed by atoms with Crippen molar-refractivity contribution in [3.05, 3.63) is 34.9 Å². The highest BCUT2D eigenvalue weighted by molar-refractivity contribution is 5.91. The Kier molecular flexibility index (Phi) is 8.92. The van der Waals surface area contributed by atoms with Crippen molar-refractivity contribution in [2.45, 2.75) is 98.4 Å². The van der Waals surface area contributed by atoms with Gasteiger partial charge < -0.3 is 20.3 Å². The second-order valence-corrected chi connectivity index (χ2v) is 10.4. The summed E-state index contributed by atoms with van der Waals surface area (Å²) in [5, 5.41) is 5.67. The molecular weight excluding hydrogens is 418 g/mol. The summed E-state index contributed by atoms with van der Waals surface area (Å²) >= 11 is 0. The molecule has 0 radical (unpaired) electrons. The van der Waals surface area contributed by atoms with Crippen LogP contribution in [0.2, 0.25) is 0 Å². The van der Waals surface area contributed by atoms with Gasteiger partial charge in [0, 0.05) is 12.1 Å². The minimum absolute atomic E-state index is 0.00391. The molecule has 2 N–H and O–H groups in total. The summed E-state index contributed by atoms with van der Waals surface area (Å²) in [5.41, 5.74) is 2.21. The molecule has 4 atom stereocenters. The fraction of sp³-hybridized carbons (Fsp3) is 0.654. The lowest BCUT2D eigenvalue weighted by Crippen LogP contribution is -2.50. The van der Waals surface area contributed by atoms with Crippen LogP contribution in [0.3, 0.4) is 0 Å². The highest BCUT2D eigenvalue weighted by Crippen LogP contribution is 2.41. The van der Waals surface area contributed by atoms with Crippen molar-refractivity contribution < 1.29 is 19.1 Å². The summed E-state index contributed by atoms with van der Waals surface area (Å²) in [6, 6.07) is 5.14. The van der Waals surface area contributed by atoms with Crippen molar-refractivity contribution >= 4 is 17.9 Å². The summed E-state index contributed by atoms with van der Waals surface area (Å²) in [4.78, 5) is 40.8. The number of nitrogens with zero attached hydrogens (tertiary/aromatic N) is 1. The van der Waals surface area contributed by atoms with Crippen LogP contribution in [0.5, 0.6) is 0 Å². The smallest absolute Gasteiger partial charge is 0.408 e. The molecule has 33 heavy (non-hydrogen) atoms. The highest BCUT2D eigenvalue weighted by atomic mass is 16.6. The predicted octanol–water partition coefficient (Wildman–Crippen LogP) is 4.41. The maximum absolute atomic E-state index is 13.6. The van der Waals surface area contributed by atoms with E-state index in [0.29, 0.717) is 5.92 Å². The summed E-state index contributed by atoms with van der Waals surface area (Å²) in [7, 11) is 0. The molecule has 3 amide bonds. The van der Waals surface area contributed by atoms with E-state index < -0.39 is 17.7 Å². The zero-order chi connectivity index (χ0) is 24.9. The van der Waals surface area contributed by atoms with Gasteiger partial charge in [0.1, 0.15) is 18.2 Å². The topological polar surface area (TPSA) is 87.7 Å². The first-order valence-corrected chi connectivity index (χ1v) is 12.0. The fourth-order valence-electron chi connectivity index (χ4n) is 4.14. The third-order valence-electron chi connectivity index (χ3n) is 5.85. The number of carbonyl (C=O) groups is 3. The lowest BCUT2D eigenvalue weighted by Gasteiger charge is -2.34. The first-order chi connectivity index (χ1) is 15.3. The number of hydrogen-bond acceptors (Lipinski definition) is 4. The molecule has 7 nitrogen and oxygen atoms in total. The van der Waals surface area contributed by atoms with Gasteiger partial charge in [-0.25, -0.2) is 4.79 Å². The summed E-state index contributed by atoms with van der Waals surface area (Å²) in [6.07, 6.45) is 2.00. The third kappa shape index (κ3) is 7.76. The maximum atomic E-state index is 13.6. The van der Waals surface area contributed by atoms with Crippen molar-refractivity contribution in [2.75, 3.05) is 6.54 Å². The van der Waals surface area contributed by atoms with Crippen LogP contribution < -0.4 is 10.6 Å². The number of carbonyl (C=O) groups excluding carboxylic acids is 3. The molecule has 1 saturated carbocycles. The van der Waals surface area contributed by atoms with E-state index in [1.54, 1.807) is 25.7 Å². The van der Waals surface area contributed by atoms with Gasteiger partial charge in [0.2, 0.25) is 11.8 Å². The molecule has 2 rings (SSSR count). The van der Waals surface area contributed by atoms with Crippen LogP contribution in [0.4, 0.5) is 4.79 Å². The zero-order valence-electron chi connectivity index (χ0n) is 21.5. The van der Waals surface area contributed by atoms with Gasteiger partial charge in [-0.15, -0.1) is 0 Å². The van der Waals surface area contributed by atoms with Gasteiger partial charge in [0.25, 0.3) is 0 Å². The van der Waals surface area contributed by atoms with Crippen LogP contribution in [-0.2, 0) is 14.3 Å². The lowest BCUT2D eigenvalue weighted by atomic mass is 9.96. The number of nitrogens with one attached hydrogen (secondary N) is 2. The quantitative estimate of drug-likeness (QED) is 0.573. The lowest BCUT2D eigenvalue weighted by molar-refractivity contribution is -0.141. The number of ether oxygens (including phenoxy) is 1. The number of benzene rings is 1. The molecule has 1 aromatic carbocycles. The molecule has 1 fully saturated rings. The predicted molar refractivity (Wildman–Crippen MR) is 130 cm³/mol. The Morgan fingerprint density at radius 1 is 1.21 bits per heavy atom. The van der Waals surface area contributed by atoms with Crippen molar-refractivity contribution in [3.63, 3.8) is 0 Å². The molecule has 1 aliphatic carbocycles. The Balaban J connectivity index is 2.35. The van der Waals surface area contributed by atoms with Crippen LogP contribution in [0.25, 0.3) is 0 Å². The van der Waals surface area contributed by atoms with E-state index in [2.05, 4.69) is 24.5 Å². The number of alkyl carbamates (subject to hydrolysis) is 1. The average molecular weight is 460 g/mol. The van der Waals surface area contributed by atoms with Gasteiger partial charge in [-0.2, -0.15) is 0 Å². The monoisotopic (exact) mass is 459 g/mol. The van der Waals surface area contributed by atoms with Crippen molar-refractivity contribution in [1.29, 1.82) is 0 Å². The molecule has 0 saturated heterocycles. The van der Waals surface area contributed by atoms with Gasteiger partial charge >= 0.3 is 6.09 Å². The number of rotatable bonds is 9. The number of aryl methyl sites for hydroxylation is 2. The van der Waals surface area contributed by atoms with E-state index in [-0.39, 0.29) is 30.4 Å². The Bertz CT molecular complexity index is 862. The molecule has 4 unspecified atom stereocenters. The fourth-order valence-corrected chi connectivity index (χ4v) is 4.14. The van der Waals surface area contributed by atoms with Crippen LogP contribution in [-0.4, -0.2) is 47.0 Å². The number of amides is 3. The van der Waals surface area contributed by atoms with E-state index >= 15 is 0 Å². The van der Waals surface area contributed by atoms with E-state index in [0.717, 1.165) is 36.0 Å². The molecule has 1 aliphatic rings. The summed E-state index contributed by atoms with van der Waals surface area (Å²) < 4.78 is 5.27. The molecule has 0 aromatic heterocycles. The third-order valence-corrected chi connectivity index (χ3v) is 5.85. The largest absolute Gasteiger partial charge is 0.444 e. The zero-order valence-corrected chi connectivity index (χ0v) is 21.5. The Morgan fingerprint density at radius 3 is 2.36 bits per heavy atom. The van der Waals surface area contributed by atoms with Crippen LogP contribution >= 0.6 is 0 Å². The molecular formula is C26H41N3O4. The molecule has 0 aliphatic heterocycles. The normalized spacial score (nSPS) is 19.3. The second kappa shape index (κ2) is 11.0. The van der Waals surface area contributed by atoms with E-state index in [1.165, 1.54) is 0 Å². The van der Waals surface area contributed by atoms with Crippen molar-refractivity contribution in [3.8, 4) is 0 Å². The van der Waals surface area contributed by atoms with Crippen molar-refractivity contribution in [2.24, 2.45) is 5.92 Å². The molecule has 0 bridgehead atoms. The first-order valence-electron chi connectivity index (χ1n) is 12.0. The van der Waals surface area contributed by atoms with Crippen molar-refractivity contribution in [1.82, 2.24) is 15.5 Å².